The van der Waals surface area contributed by atoms with Gasteiger partial charge in [-0.1, -0.05) is 6.42 Å². The Morgan fingerprint density at radius 3 is 2.65 bits per heavy atom. The maximum atomic E-state index is 11.8. The number of carbonyl (C=O) groups is 1. The summed E-state index contributed by atoms with van der Waals surface area (Å²) >= 11 is 0. The summed E-state index contributed by atoms with van der Waals surface area (Å²) in [6.07, 6.45) is 8.85. The summed E-state index contributed by atoms with van der Waals surface area (Å²) in [6, 6.07) is 0. The number of fused-ring (bicyclic) bond motifs is 2. The molecule has 0 spiro atoms. The van der Waals surface area contributed by atoms with E-state index in [4.69, 9.17) is 0 Å². The predicted molar refractivity (Wildman–Crippen MR) is 65.4 cm³/mol. The number of hydrogen-bond acceptors (Lipinski definition) is 2. The van der Waals surface area contributed by atoms with Gasteiger partial charge in [-0.15, -0.1) is 0 Å². The second-order valence-electron chi connectivity index (χ2n) is 6.49. The van der Waals surface area contributed by atoms with E-state index in [2.05, 4.69) is 5.32 Å². The molecule has 3 nitrogen and oxygen atoms in total. The number of carbonyl (C=O) groups excluding carboxylic acids is 1. The quantitative estimate of drug-likeness (QED) is 0.784. The Labute approximate surface area is 103 Å². The third kappa shape index (κ3) is 2.35. The first-order valence-corrected chi connectivity index (χ1v) is 7.14. The van der Waals surface area contributed by atoms with Crippen molar-refractivity contribution in [3.63, 3.8) is 0 Å². The van der Waals surface area contributed by atoms with Gasteiger partial charge >= 0.3 is 0 Å². The van der Waals surface area contributed by atoms with Crippen LogP contribution in [0.2, 0.25) is 0 Å². The lowest BCUT2D eigenvalue weighted by atomic mass is 9.80. The fourth-order valence-electron chi connectivity index (χ4n) is 3.96. The van der Waals surface area contributed by atoms with E-state index in [1.165, 1.54) is 25.7 Å². The molecule has 3 saturated carbocycles. The molecular weight excluding hydrogens is 214 g/mol. The molecule has 3 unspecified atom stereocenters. The Morgan fingerprint density at radius 1 is 1.29 bits per heavy atom. The van der Waals surface area contributed by atoms with Gasteiger partial charge in [0.2, 0.25) is 5.91 Å². The van der Waals surface area contributed by atoms with E-state index in [9.17, 15) is 9.90 Å². The van der Waals surface area contributed by atoms with Crippen molar-refractivity contribution in [3.05, 3.63) is 0 Å². The summed E-state index contributed by atoms with van der Waals surface area (Å²) < 4.78 is 0. The van der Waals surface area contributed by atoms with Crippen LogP contribution in [0, 0.1) is 17.8 Å². The molecule has 0 heterocycles. The van der Waals surface area contributed by atoms with E-state index < -0.39 is 5.60 Å². The van der Waals surface area contributed by atoms with Gasteiger partial charge in [-0.25, -0.2) is 0 Å². The van der Waals surface area contributed by atoms with Gasteiger partial charge in [0.15, 0.2) is 0 Å². The molecule has 1 amide bonds. The molecule has 0 aromatic rings. The second kappa shape index (κ2) is 4.27. The standard InChI is InChI=1S/C14H23NO2/c16-13(15-9-14(17)4-1-5-14)8-12-7-10-2-3-11(12)6-10/h10-12,17H,1-9H2,(H,15,16). The molecule has 96 valence electrons. The van der Waals surface area contributed by atoms with E-state index in [1.54, 1.807) is 0 Å². The summed E-state index contributed by atoms with van der Waals surface area (Å²) in [5, 5.41) is 12.8. The number of aliphatic hydroxyl groups is 1. The molecule has 2 N–H and O–H groups in total. The van der Waals surface area contributed by atoms with Crippen molar-refractivity contribution in [2.45, 2.75) is 57.0 Å². The molecule has 3 fully saturated rings. The normalized spacial score (nSPS) is 37.8. The van der Waals surface area contributed by atoms with Gasteiger partial charge < -0.3 is 10.4 Å². The molecule has 0 aliphatic heterocycles. The predicted octanol–water partition coefficient (Wildman–Crippen LogP) is 1.84. The molecule has 2 bridgehead atoms. The zero-order valence-corrected chi connectivity index (χ0v) is 10.5. The van der Waals surface area contributed by atoms with Gasteiger partial charge in [0.25, 0.3) is 0 Å². The van der Waals surface area contributed by atoms with Crippen LogP contribution in [-0.2, 0) is 4.79 Å². The summed E-state index contributed by atoms with van der Waals surface area (Å²) in [4.78, 5) is 11.8. The zero-order chi connectivity index (χ0) is 11.9. The molecule has 3 rings (SSSR count). The molecule has 3 heteroatoms. The number of nitrogens with one attached hydrogen (secondary N) is 1. The van der Waals surface area contributed by atoms with Crippen LogP contribution in [-0.4, -0.2) is 23.2 Å². The third-order valence-electron chi connectivity index (χ3n) is 5.23. The monoisotopic (exact) mass is 237 g/mol. The van der Waals surface area contributed by atoms with Crippen LogP contribution in [0.25, 0.3) is 0 Å². The molecule has 3 aliphatic carbocycles. The van der Waals surface area contributed by atoms with Crippen molar-refractivity contribution in [1.29, 1.82) is 0 Å². The van der Waals surface area contributed by atoms with E-state index >= 15 is 0 Å². The van der Waals surface area contributed by atoms with Crippen molar-refractivity contribution in [2.75, 3.05) is 6.54 Å². The first kappa shape index (κ1) is 11.5. The number of rotatable bonds is 4. The SMILES string of the molecule is O=C(CC1CC2CCC1C2)NCC1(O)CCC1. The van der Waals surface area contributed by atoms with Crippen molar-refractivity contribution in [2.24, 2.45) is 17.8 Å². The lowest BCUT2D eigenvalue weighted by Crippen LogP contribution is -2.48. The molecule has 0 aromatic carbocycles. The Balaban J connectivity index is 1.41. The maximum Gasteiger partial charge on any atom is 0.220 e. The van der Waals surface area contributed by atoms with Crippen molar-refractivity contribution < 1.29 is 9.90 Å². The van der Waals surface area contributed by atoms with Crippen LogP contribution < -0.4 is 5.32 Å². The molecule has 3 aliphatic rings. The average Bonchev–Trinajstić information content (AvgIpc) is 2.85. The van der Waals surface area contributed by atoms with Gasteiger partial charge in [0.05, 0.1) is 5.60 Å². The van der Waals surface area contributed by atoms with E-state index in [0.717, 1.165) is 31.1 Å². The van der Waals surface area contributed by atoms with Gasteiger partial charge in [-0.3, -0.25) is 4.79 Å². The minimum Gasteiger partial charge on any atom is -0.388 e. The van der Waals surface area contributed by atoms with Gasteiger partial charge in [-0.2, -0.15) is 0 Å². The first-order valence-electron chi connectivity index (χ1n) is 7.14. The fraction of sp³-hybridized carbons (Fsp3) is 0.929. The minimum atomic E-state index is -0.579. The molecule has 0 radical (unpaired) electrons. The minimum absolute atomic E-state index is 0.155. The fourth-order valence-corrected chi connectivity index (χ4v) is 3.96. The second-order valence-corrected chi connectivity index (χ2v) is 6.49. The largest absolute Gasteiger partial charge is 0.388 e. The molecule has 3 atom stereocenters. The molecule has 0 aromatic heterocycles. The number of amides is 1. The molecule has 0 saturated heterocycles. The van der Waals surface area contributed by atoms with Crippen LogP contribution in [0.5, 0.6) is 0 Å². The van der Waals surface area contributed by atoms with Crippen LogP contribution >= 0.6 is 0 Å². The van der Waals surface area contributed by atoms with Gasteiger partial charge in [-0.05, 0) is 56.3 Å². The van der Waals surface area contributed by atoms with Crippen molar-refractivity contribution in [3.8, 4) is 0 Å². The van der Waals surface area contributed by atoms with Gasteiger partial charge in [0.1, 0.15) is 0 Å². The summed E-state index contributed by atoms with van der Waals surface area (Å²) in [5.74, 6) is 2.51. The molecular formula is C14H23NO2. The highest BCUT2D eigenvalue weighted by Gasteiger charge is 2.40. The van der Waals surface area contributed by atoms with Crippen LogP contribution in [0.3, 0.4) is 0 Å². The highest BCUT2D eigenvalue weighted by atomic mass is 16.3. The Bertz CT molecular complexity index is 311. The van der Waals surface area contributed by atoms with E-state index in [-0.39, 0.29) is 5.91 Å². The maximum absolute atomic E-state index is 11.8. The highest BCUT2D eigenvalue weighted by Crippen LogP contribution is 2.49. The number of hydrogen-bond donors (Lipinski definition) is 2. The van der Waals surface area contributed by atoms with Gasteiger partial charge in [0, 0.05) is 13.0 Å². The Morgan fingerprint density at radius 2 is 2.12 bits per heavy atom. The summed E-state index contributed by atoms with van der Waals surface area (Å²) in [7, 11) is 0. The first-order chi connectivity index (χ1) is 8.15. The van der Waals surface area contributed by atoms with Crippen LogP contribution in [0.1, 0.15) is 51.4 Å². The summed E-state index contributed by atoms with van der Waals surface area (Å²) in [5.41, 5.74) is -0.579. The van der Waals surface area contributed by atoms with Crippen molar-refractivity contribution in [1.82, 2.24) is 5.32 Å². The van der Waals surface area contributed by atoms with Crippen LogP contribution in [0.4, 0.5) is 0 Å². The highest BCUT2D eigenvalue weighted by molar-refractivity contribution is 5.76. The van der Waals surface area contributed by atoms with Crippen molar-refractivity contribution >= 4 is 5.91 Å². The third-order valence-corrected chi connectivity index (χ3v) is 5.23. The van der Waals surface area contributed by atoms with E-state index in [1.807, 2.05) is 0 Å². The van der Waals surface area contributed by atoms with E-state index in [0.29, 0.717) is 18.9 Å². The average molecular weight is 237 g/mol. The summed E-state index contributed by atoms with van der Waals surface area (Å²) in [6.45, 7) is 0.465. The Hall–Kier alpha value is -0.570. The lowest BCUT2D eigenvalue weighted by Gasteiger charge is -2.36. The smallest absolute Gasteiger partial charge is 0.220 e. The zero-order valence-electron chi connectivity index (χ0n) is 10.5. The topological polar surface area (TPSA) is 49.3 Å². The van der Waals surface area contributed by atoms with Crippen LogP contribution in [0.15, 0.2) is 0 Å². The molecule has 17 heavy (non-hydrogen) atoms. The Kier molecular flexibility index (Phi) is 2.89. The lowest BCUT2D eigenvalue weighted by molar-refractivity contribution is -0.124.